The van der Waals surface area contributed by atoms with E-state index in [1.54, 1.807) is 24.3 Å². The number of hydrogen-bond donors (Lipinski definition) is 0. The van der Waals surface area contributed by atoms with Gasteiger partial charge in [0.2, 0.25) is 0 Å². The first kappa shape index (κ1) is 22.5. The Bertz CT molecular complexity index is 727. The van der Waals surface area contributed by atoms with Crippen LogP contribution in [0.4, 0.5) is 0 Å². The normalized spacial score (nSPS) is 17.6. The Morgan fingerprint density at radius 3 is 2.43 bits per heavy atom. The molecule has 0 unspecified atom stereocenters. The number of carbonyl (C=O) groups excluding carboxylic acids is 2. The predicted octanol–water partition coefficient (Wildman–Crippen LogP) is 4.47. The largest absolute Gasteiger partial charge is 0.462 e. The van der Waals surface area contributed by atoms with Crippen molar-refractivity contribution in [3.63, 3.8) is 0 Å². The summed E-state index contributed by atoms with van der Waals surface area (Å²) in [6.07, 6.45) is 8.46. The number of benzene rings is 1. The lowest BCUT2D eigenvalue weighted by molar-refractivity contribution is -0.150. The molecular formula is C24H32O6. The molecule has 0 atom stereocenters. The van der Waals surface area contributed by atoms with E-state index in [4.69, 9.17) is 18.9 Å². The van der Waals surface area contributed by atoms with Gasteiger partial charge in [0.1, 0.15) is 5.75 Å². The molecule has 3 rings (SSSR count). The standard InChI is InChI=1S/C24H32O6/c1-2-24(17-28-18-24)16-27-14-6-7-15-29-22(25)20-10-12-21(13-11-20)30-23(26)19-8-4-3-5-9-19/h8,10-13H,2-7,9,14-18H2,1H3. The molecule has 30 heavy (non-hydrogen) atoms. The number of hydrogen-bond acceptors (Lipinski definition) is 6. The maximum absolute atomic E-state index is 12.1. The summed E-state index contributed by atoms with van der Waals surface area (Å²) in [7, 11) is 0. The minimum absolute atomic E-state index is 0.209. The fourth-order valence-electron chi connectivity index (χ4n) is 3.48. The molecule has 6 nitrogen and oxygen atoms in total. The van der Waals surface area contributed by atoms with Crippen LogP contribution in [0.2, 0.25) is 0 Å². The first-order valence-electron chi connectivity index (χ1n) is 11.0. The molecule has 0 amide bonds. The molecule has 1 heterocycles. The molecule has 0 spiro atoms. The lowest BCUT2D eigenvalue weighted by atomic mass is 9.84. The number of esters is 2. The molecule has 1 aliphatic carbocycles. The number of rotatable bonds is 11. The SMILES string of the molecule is CCC1(COCCCCOC(=O)c2ccc(OC(=O)C3=CCCCC3)cc2)COC1. The molecule has 1 aliphatic heterocycles. The zero-order chi connectivity index (χ0) is 21.2. The Hall–Kier alpha value is -2.18. The van der Waals surface area contributed by atoms with Crippen molar-refractivity contribution in [3.8, 4) is 5.75 Å². The zero-order valence-corrected chi connectivity index (χ0v) is 17.8. The molecule has 0 radical (unpaired) electrons. The molecule has 0 saturated carbocycles. The molecule has 2 aliphatic rings. The fourth-order valence-corrected chi connectivity index (χ4v) is 3.48. The summed E-state index contributed by atoms with van der Waals surface area (Å²) in [5.41, 5.74) is 1.39. The number of unbranched alkanes of at least 4 members (excludes halogenated alkanes) is 1. The second-order valence-electron chi connectivity index (χ2n) is 8.13. The highest BCUT2D eigenvalue weighted by molar-refractivity contribution is 5.91. The van der Waals surface area contributed by atoms with E-state index in [1.165, 1.54) is 0 Å². The highest BCUT2D eigenvalue weighted by Gasteiger charge is 2.36. The second-order valence-corrected chi connectivity index (χ2v) is 8.13. The summed E-state index contributed by atoms with van der Waals surface area (Å²) in [5.74, 6) is -0.246. The minimum Gasteiger partial charge on any atom is -0.462 e. The van der Waals surface area contributed by atoms with Gasteiger partial charge < -0.3 is 18.9 Å². The van der Waals surface area contributed by atoms with Gasteiger partial charge >= 0.3 is 11.9 Å². The van der Waals surface area contributed by atoms with E-state index in [-0.39, 0.29) is 17.4 Å². The zero-order valence-electron chi connectivity index (χ0n) is 17.8. The maximum Gasteiger partial charge on any atom is 0.339 e. The van der Waals surface area contributed by atoms with E-state index in [1.807, 2.05) is 6.08 Å². The van der Waals surface area contributed by atoms with Crippen LogP contribution in [0.1, 0.15) is 62.2 Å². The van der Waals surface area contributed by atoms with Crippen LogP contribution in [-0.2, 0) is 19.0 Å². The summed E-state index contributed by atoms with van der Waals surface area (Å²) < 4.78 is 21.7. The fraction of sp³-hybridized carbons (Fsp3) is 0.583. The molecule has 1 saturated heterocycles. The van der Waals surface area contributed by atoms with Gasteiger partial charge in [-0.2, -0.15) is 0 Å². The van der Waals surface area contributed by atoms with E-state index in [9.17, 15) is 9.59 Å². The lowest BCUT2D eigenvalue weighted by Crippen LogP contribution is -2.45. The number of allylic oxidation sites excluding steroid dienone is 1. The second kappa shape index (κ2) is 11.3. The summed E-state index contributed by atoms with van der Waals surface area (Å²) in [6.45, 7) is 5.49. The monoisotopic (exact) mass is 416 g/mol. The first-order valence-corrected chi connectivity index (χ1v) is 11.0. The summed E-state index contributed by atoms with van der Waals surface area (Å²) >= 11 is 0. The highest BCUT2D eigenvalue weighted by atomic mass is 16.5. The van der Waals surface area contributed by atoms with Gasteiger partial charge in [0, 0.05) is 17.6 Å². The van der Waals surface area contributed by atoms with E-state index < -0.39 is 0 Å². The van der Waals surface area contributed by atoms with E-state index in [2.05, 4.69) is 6.92 Å². The van der Waals surface area contributed by atoms with Crippen molar-refractivity contribution >= 4 is 11.9 Å². The van der Waals surface area contributed by atoms with Gasteiger partial charge in [-0.3, -0.25) is 0 Å². The van der Waals surface area contributed by atoms with Crippen LogP contribution in [0, 0.1) is 5.41 Å². The van der Waals surface area contributed by atoms with Crippen molar-refractivity contribution in [2.75, 3.05) is 33.0 Å². The van der Waals surface area contributed by atoms with Crippen LogP contribution in [0.5, 0.6) is 5.75 Å². The maximum atomic E-state index is 12.1. The minimum atomic E-state index is -0.375. The third-order valence-electron chi connectivity index (χ3n) is 5.74. The predicted molar refractivity (Wildman–Crippen MR) is 113 cm³/mol. The van der Waals surface area contributed by atoms with Crippen LogP contribution < -0.4 is 4.74 Å². The molecule has 1 aromatic carbocycles. The van der Waals surface area contributed by atoms with Gasteiger partial charge in [0.15, 0.2) is 0 Å². The number of ether oxygens (including phenoxy) is 4. The quantitative estimate of drug-likeness (QED) is 0.301. The van der Waals surface area contributed by atoms with E-state index in [0.717, 1.165) is 70.3 Å². The third-order valence-corrected chi connectivity index (χ3v) is 5.74. The Balaban J connectivity index is 1.30. The smallest absolute Gasteiger partial charge is 0.339 e. The number of carbonyl (C=O) groups is 2. The van der Waals surface area contributed by atoms with Crippen molar-refractivity contribution in [1.82, 2.24) is 0 Å². The summed E-state index contributed by atoms with van der Waals surface area (Å²) in [5, 5.41) is 0. The molecular weight excluding hydrogens is 384 g/mol. The molecule has 1 aromatic rings. The van der Waals surface area contributed by atoms with Crippen molar-refractivity contribution in [3.05, 3.63) is 41.5 Å². The molecule has 6 heteroatoms. The Morgan fingerprint density at radius 1 is 1.03 bits per heavy atom. The van der Waals surface area contributed by atoms with Gasteiger partial charge in [-0.05, 0) is 69.2 Å². The first-order chi connectivity index (χ1) is 14.6. The topological polar surface area (TPSA) is 71.1 Å². The van der Waals surface area contributed by atoms with E-state index >= 15 is 0 Å². The van der Waals surface area contributed by atoms with Crippen LogP contribution in [0.25, 0.3) is 0 Å². The molecule has 1 fully saturated rings. The van der Waals surface area contributed by atoms with Crippen LogP contribution in [-0.4, -0.2) is 45.0 Å². The van der Waals surface area contributed by atoms with Gasteiger partial charge in [-0.1, -0.05) is 13.0 Å². The van der Waals surface area contributed by atoms with Gasteiger partial charge in [-0.25, -0.2) is 9.59 Å². The molecule has 164 valence electrons. The van der Waals surface area contributed by atoms with Gasteiger partial charge in [0.25, 0.3) is 0 Å². The van der Waals surface area contributed by atoms with Crippen LogP contribution in [0.3, 0.4) is 0 Å². The van der Waals surface area contributed by atoms with Crippen LogP contribution >= 0.6 is 0 Å². The Labute approximate surface area is 178 Å². The van der Waals surface area contributed by atoms with Crippen molar-refractivity contribution < 1.29 is 28.5 Å². The molecule has 0 bridgehead atoms. The van der Waals surface area contributed by atoms with Crippen LogP contribution in [0.15, 0.2) is 35.9 Å². The summed E-state index contributed by atoms with van der Waals surface area (Å²) in [6, 6.07) is 6.49. The van der Waals surface area contributed by atoms with E-state index in [0.29, 0.717) is 24.5 Å². The average molecular weight is 417 g/mol. The Morgan fingerprint density at radius 2 is 1.80 bits per heavy atom. The highest BCUT2D eigenvalue weighted by Crippen LogP contribution is 2.31. The van der Waals surface area contributed by atoms with Crippen molar-refractivity contribution in [2.24, 2.45) is 5.41 Å². The van der Waals surface area contributed by atoms with Crippen molar-refractivity contribution in [2.45, 2.75) is 51.9 Å². The molecule has 0 N–H and O–H groups in total. The summed E-state index contributed by atoms with van der Waals surface area (Å²) in [4.78, 5) is 24.3. The van der Waals surface area contributed by atoms with Crippen molar-refractivity contribution in [1.29, 1.82) is 0 Å². The Kier molecular flexibility index (Phi) is 8.46. The lowest BCUT2D eigenvalue weighted by Gasteiger charge is -2.40. The van der Waals surface area contributed by atoms with Gasteiger partial charge in [0.05, 0.1) is 32.0 Å². The average Bonchev–Trinajstić information content (AvgIpc) is 2.75. The molecule has 0 aromatic heterocycles. The third kappa shape index (κ3) is 6.41. The van der Waals surface area contributed by atoms with Gasteiger partial charge in [-0.15, -0.1) is 0 Å².